The van der Waals surface area contributed by atoms with Crippen molar-refractivity contribution in [3.63, 3.8) is 0 Å². The Morgan fingerprint density at radius 2 is 1.69 bits per heavy atom. The third kappa shape index (κ3) is 5.54. The third-order valence-corrected chi connectivity index (χ3v) is 4.21. The smallest absolute Gasteiger partial charge is 0.411 e. The Bertz CT molecular complexity index is 782. The lowest BCUT2D eigenvalue weighted by Gasteiger charge is -2.16. The highest BCUT2D eigenvalue weighted by Gasteiger charge is 2.15. The Labute approximate surface area is 161 Å². The summed E-state index contributed by atoms with van der Waals surface area (Å²) < 4.78 is 4.81. The first-order chi connectivity index (χ1) is 12.4. The lowest BCUT2D eigenvalue weighted by Crippen LogP contribution is -2.31. The van der Waals surface area contributed by atoms with Gasteiger partial charge in [-0.25, -0.2) is 4.79 Å². The van der Waals surface area contributed by atoms with E-state index in [9.17, 15) is 9.59 Å². The Morgan fingerprint density at radius 1 is 1.04 bits per heavy atom. The molecule has 0 aliphatic carbocycles. The van der Waals surface area contributed by atoms with Gasteiger partial charge in [0.05, 0.1) is 22.3 Å². The van der Waals surface area contributed by atoms with E-state index in [-0.39, 0.29) is 5.91 Å². The molecule has 138 valence electrons. The number of carbonyl (C=O) groups excluding carboxylic acids is 2. The van der Waals surface area contributed by atoms with E-state index in [1.165, 1.54) is 0 Å². The molecule has 0 fully saturated rings. The van der Waals surface area contributed by atoms with Crippen LogP contribution in [0.3, 0.4) is 0 Å². The normalized spacial score (nSPS) is 11.4. The van der Waals surface area contributed by atoms with Crippen LogP contribution in [-0.4, -0.2) is 24.6 Å². The fraction of sp³-hybridized carbons (Fsp3) is 0.222. The molecular weight excluding hydrogens is 377 g/mol. The summed E-state index contributed by atoms with van der Waals surface area (Å²) in [6, 6.07) is 11.4. The first-order valence-corrected chi connectivity index (χ1v) is 8.71. The average Bonchev–Trinajstić information content (AvgIpc) is 2.60. The second-order valence-corrected chi connectivity index (χ2v) is 6.16. The number of benzene rings is 2. The van der Waals surface area contributed by atoms with Crippen molar-refractivity contribution < 1.29 is 14.3 Å². The van der Waals surface area contributed by atoms with Gasteiger partial charge in [0.2, 0.25) is 5.91 Å². The topological polar surface area (TPSA) is 79.5 Å². The van der Waals surface area contributed by atoms with E-state index in [1.807, 2.05) is 0 Å². The number of hydrogen-bond acceptors (Lipinski definition) is 4. The van der Waals surface area contributed by atoms with Crippen LogP contribution in [0.1, 0.15) is 13.8 Å². The summed E-state index contributed by atoms with van der Waals surface area (Å²) >= 11 is 12.0. The zero-order chi connectivity index (χ0) is 19.1. The number of nitrogens with one attached hydrogen (secondary N) is 3. The number of hydrogen-bond donors (Lipinski definition) is 3. The second kappa shape index (κ2) is 9.31. The fourth-order valence-electron chi connectivity index (χ4n) is 2.09. The SMILES string of the molecule is CCOC(=O)Nc1ccc(NC(C)C(=O)Nc2cccc(Cl)c2Cl)cc1. The van der Waals surface area contributed by atoms with Gasteiger partial charge in [-0.2, -0.15) is 0 Å². The molecule has 0 aliphatic rings. The molecule has 0 bridgehead atoms. The van der Waals surface area contributed by atoms with Crippen molar-refractivity contribution in [1.82, 2.24) is 0 Å². The quantitative estimate of drug-likeness (QED) is 0.642. The highest BCUT2D eigenvalue weighted by atomic mass is 35.5. The molecule has 2 aromatic rings. The maximum atomic E-state index is 12.3. The summed E-state index contributed by atoms with van der Waals surface area (Å²) in [4.78, 5) is 23.7. The lowest BCUT2D eigenvalue weighted by molar-refractivity contribution is -0.116. The number of anilines is 3. The maximum Gasteiger partial charge on any atom is 0.411 e. The van der Waals surface area contributed by atoms with Crippen molar-refractivity contribution in [1.29, 1.82) is 0 Å². The Kier molecular flexibility index (Phi) is 7.12. The van der Waals surface area contributed by atoms with Crippen molar-refractivity contribution in [2.75, 3.05) is 22.6 Å². The highest BCUT2D eigenvalue weighted by Crippen LogP contribution is 2.29. The summed E-state index contributed by atoms with van der Waals surface area (Å²) in [6.07, 6.45) is -0.514. The van der Waals surface area contributed by atoms with Crippen LogP contribution in [0.2, 0.25) is 10.0 Å². The number of ether oxygens (including phenoxy) is 1. The molecule has 6 nitrogen and oxygen atoms in total. The van der Waals surface area contributed by atoms with E-state index in [0.717, 1.165) is 5.69 Å². The first-order valence-electron chi connectivity index (χ1n) is 7.96. The van der Waals surface area contributed by atoms with Gasteiger partial charge in [-0.05, 0) is 50.2 Å². The van der Waals surface area contributed by atoms with Crippen LogP contribution in [-0.2, 0) is 9.53 Å². The molecule has 0 radical (unpaired) electrons. The number of carbonyl (C=O) groups is 2. The van der Waals surface area contributed by atoms with E-state index in [4.69, 9.17) is 27.9 Å². The lowest BCUT2D eigenvalue weighted by atomic mass is 10.2. The first kappa shape index (κ1) is 19.9. The number of rotatable bonds is 6. The van der Waals surface area contributed by atoms with E-state index < -0.39 is 12.1 Å². The molecule has 0 saturated heterocycles. The van der Waals surface area contributed by atoms with E-state index in [0.29, 0.717) is 28.0 Å². The Balaban J connectivity index is 1.94. The van der Waals surface area contributed by atoms with E-state index >= 15 is 0 Å². The van der Waals surface area contributed by atoms with Gasteiger partial charge >= 0.3 is 6.09 Å². The molecule has 1 atom stereocenters. The number of halogens is 2. The summed E-state index contributed by atoms with van der Waals surface area (Å²) in [5.74, 6) is -0.261. The maximum absolute atomic E-state index is 12.3. The van der Waals surface area contributed by atoms with Gasteiger partial charge < -0.3 is 15.4 Å². The minimum atomic E-state index is -0.520. The van der Waals surface area contributed by atoms with E-state index in [1.54, 1.807) is 56.3 Å². The predicted molar refractivity (Wildman–Crippen MR) is 105 cm³/mol. The standard InChI is InChI=1S/C18H19Cl2N3O3/c1-3-26-18(25)22-13-9-7-12(8-10-13)21-11(2)17(24)23-15-6-4-5-14(19)16(15)20/h4-11,21H,3H2,1-2H3,(H,22,25)(H,23,24). The van der Waals surface area contributed by atoms with Crippen LogP contribution in [0.5, 0.6) is 0 Å². The Morgan fingerprint density at radius 3 is 2.35 bits per heavy atom. The van der Waals surface area contributed by atoms with Crippen molar-refractivity contribution >= 4 is 52.3 Å². The zero-order valence-corrected chi connectivity index (χ0v) is 15.8. The molecule has 0 heterocycles. The van der Waals surface area contributed by atoms with Gasteiger partial charge in [-0.15, -0.1) is 0 Å². The molecule has 0 spiro atoms. The molecule has 1 unspecified atom stereocenters. The summed E-state index contributed by atoms with van der Waals surface area (Å²) in [5, 5.41) is 9.06. The van der Waals surface area contributed by atoms with Gasteiger partial charge in [0.15, 0.2) is 0 Å². The molecule has 2 amide bonds. The predicted octanol–water partition coefficient (Wildman–Crippen LogP) is 5.00. The third-order valence-electron chi connectivity index (χ3n) is 3.39. The van der Waals surface area contributed by atoms with E-state index in [2.05, 4.69) is 16.0 Å². The molecule has 0 aromatic heterocycles. The van der Waals surface area contributed by atoms with Gasteiger partial charge in [0.1, 0.15) is 6.04 Å². The van der Waals surface area contributed by atoms with Gasteiger partial charge in [-0.3, -0.25) is 10.1 Å². The van der Waals surface area contributed by atoms with Crippen LogP contribution < -0.4 is 16.0 Å². The zero-order valence-electron chi connectivity index (χ0n) is 14.3. The van der Waals surface area contributed by atoms with Gasteiger partial charge in [0, 0.05) is 11.4 Å². The molecular formula is C18H19Cl2N3O3. The van der Waals surface area contributed by atoms with Crippen molar-refractivity contribution in [3.8, 4) is 0 Å². The van der Waals surface area contributed by atoms with Crippen LogP contribution in [0.15, 0.2) is 42.5 Å². The van der Waals surface area contributed by atoms with Gasteiger partial charge in [0.25, 0.3) is 0 Å². The van der Waals surface area contributed by atoms with Crippen LogP contribution >= 0.6 is 23.2 Å². The molecule has 3 N–H and O–H groups in total. The average molecular weight is 396 g/mol. The van der Waals surface area contributed by atoms with Crippen LogP contribution in [0.4, 0.5) is 21.9 Å². The van der Waals surface area contributed by atoms with Crippen molar-refractivity contribution in [2.24, 2.45) is 0 Å². The molecule has 2 rings (SSSR count). The second-order valence-electron chi connectivity index (χ2n) is 5.38. The molecule has 0 aliphatic heterocycles. The monoisotopic (exact) mass is 395 g/mol. The Hall–Kier alpha value is -2.44. The molecule has 0 saturated carbocycles. The summed E-state index contributed by atoms with van der Waals surface area (Å²) in [5.41, 5.74) is 1.77. The van der Waals surface area contributed by atoms with Crippen molar-refractivity contribution in [2.45, 2.75) is 19.9 Å². The van der Waals surface area contributed by atoms with Gasteiger partial charge in [-0.1, -0.05) is 29.3 Å². The minimum Gasteiger partial charge on any atom is -0.450 e. The van der Waals surface area contributed by atoms with Crippen LogP contribution in [0.25, 0.3) is 0 Å². The molecule has 2 aromatic carbocycles. The largest absolute Gasteiger partial charge is 0.450 e. The number of amides is 2. The summed E-state index contributed by atoms with van der Waals surface area (Å²) in [7, 11) is 0. The summed E-state index contributed by atoms with van der Waals surface area (Å²) in [6.45, 7) is 3.75. The molecule has 26 heavy (non-hydrogen) atoms. The minimum absolute atomic E-state index is 0.261. The van der Waals surface area contributed by atoms with Crippen molar-refractivity contribution in [3.05, 3.63) is 52.5 Å². The van der Waals surface area contributed by atoms with Crippen LogP contribution in [0, 0.1) is 0 Å². The molecule has 8 heteroatoms. The highest BCUT2D eigenvalue weighted by molar-refractivity contribution is 6.44. The fourth-order valence-corrected chi connectivity index (χ4v) is 2.44.